The maximum atomic E-state index is 17.4. The number of nitrogens with one attached hydrogen (secondary N) is 1. The largest absolute Gasteiger partial charge is 0.461 e. The molecule has 4 fully saturated rings. The van der Waals surface area contributed by atoms with Crippen molar-refractivity contribution in [2.45, 2.75) is 55.9 Å². The van der Waals surface area contributed by atoms with Gasteiger partial charge in [0, 0.05) is 72.4 Å². The van der Waals surface area contributed by atoms with Crippen LogP contribution in [-0.2, 0) is 7.05 Å². The highest BCUT2D eigenvalue weighted by Gasteiger charge is 2.49. The van der Waals surface area contributed by atoms with E-state index in [0.717, 1.165) is 56.7 Å². The quantitative estimate of drug-likeness (QED) is 0.268. The van der Waals surface area contributed by atoms with Crippen molar-refractivity contribution in [3.63, 3.8) is 0 Å². The van der Waals surface area contributed by atoms with E-state index in [1.54, 1.807) is 24.0 Å². The first kappa shape index (κ1) is 29.0. The molecule has 2 unspecified atom stereocenters. The molecule has 0 spiro atoms. The van der Waals surface area contributed by atoms with Crippen molar-refractivity contribution < 1.29 is 17.9 Å². The Morgan fingerprint density at radius 3 is 2.74 bits per heavy atom. The van der Waals surface area contributed by atoms with E-state index in [9.17, 15) is 9.65 Å². The number of ether oxygens (including phenoxy) is 1. The van der Waals surface area contributed by atoms with Crippen molar-refractivity contribution in [3.05, 3.63) is 35.5 Å². The molecule has 3 aromatic heterocycles. The number of rotatable bonds is 5. The lowest BCUT2D eigenvalue weighted by molar-refractivity contribution is 0.107. The predicted octanol–water partition coefficient (Wildman–Crippen LogP) is 5.03. The number of thiophene rings is 1. The van der Waals surface area contributed by atoms with Crippen LogP contribution in [0.4, 0.5) is 24.0 Å². The van der Waals surface area contributed by atoms with E-state index in [-0.39, 0.29) is 62.8 Å². The van der Waals surface area contributed by atoms with Crippen LogP contribution in [0.3, 0.4) is 0 Å². The lowest BCUT2D eigenvalue weighted by Crippen LogP contribution is -2.52. The summed E-state index contributed by atoms with van der Waals surface area (Å²) in [5.41, 5.74) is 5.85. The summed E-state index contributed by atoms with van der Waals surface area (Å²) in [6.45, 7) is 2.89. The number of nitrogens with two attached hydrogens (primary N) is 1. The molecule has 4 aliphatic heterocycles. The molecule has 14 heteroatoms. The van der Waals surface area contributed by atoms with Crippen LogP contribution >= 0.6 is 11.3 Å². The average Bonchev–Trinajstić information content (AvgIpc) is 3.83. The fourth-order valence-electron chi connectivity index (χ4n) is 8.71. The molecule has 5 aromatic rings. The molecule has 242 valence electrons. The first-order valence-electron chi connectivity index (χ1n) is 16.0. The monoisotopic (exact) mass is 659 g/mol. The Bertz CT molecular complexity index is 2140. The molecule has 0 saturated carbocycles. The second kappa shape index (κ2) is 10.4. The zero-order chi connectivity index (χ0) is 32.2. The summed E-state index contributed by atoms with van der Waals surface area (Å²) in [5, 5.41) is 19.6. The Balaban J connectivity index is 1.31. The van der Waals surface area contributed by atoms with Gasteiger partial charge >= 0.3 is 6.01 Å². The van der Waals surface area contributed by atoms with Crippen molar-refractivity contribution in [2.75, 3.05) is 43.4 Å². The highest BCUT2D eigenvalue weighted by atomic mass is 32.1. The lowest BCUT2D eigenvalue weighted by Gasteiger charge is -2.37. The third-order valence-corrected chi connectivity index (χ3v) is 11.7. The minimum absolute atomic E-state index is 0.00164. The lowest BCUT2D eigenvalue weighted by atomic mass is 9.94. The smallest absolute Gasteiger partial charge is 0.319 e. The second-order valence-electron chi connectivity index (χ2n) is 13.4. The van der Waals surface area contributed by atoms with Crippen LogP contribution in [0.2, 0.25) is 0 Å². The fraction of sp³-hybridized carbons (Fsp3) is 0.455. The van der Waals surface area contributed by atoms with E-state index in [1.165, 1.54) is 6.07 Å². The number of alkyl halides is 1. The van der Waals surface area contributed by atoms with Crippen LogP contribution in [0.15, 0.2) is 18.3 Å². The maximum Gasteiger partial charge on any atom is 0.319 e. The number of aryl methyl sites for hydroxylation is 1. The van der Waals surface area contributed by atoms with Crippen molar-refractivity contribution in [2.24, 2.45) is 7.05 Å². The number of hydrogen-bond donors (Lipinski definition) is 2. The normalized spacial score (nSPS) is 25.8. The molecule has 4 saturated heterocycles. The molecular weight excluding hydrogens is 627 g/mol. The van der Waals surface area contributed by atoms with E-state index >= 15 is 8.78 Å². The number of halogens is 3. The summed E-state index contributed by atoms with van der Waals surface area (Å²) in [6.07, 6.45) is 4.89. The molecule has 10 nitrogen and oxygen atoms in total. The first-order chi connectivity index (χ1) is 22.8. The molecule has 4 aliphatic rings. The van der Waals surface area contributed by atoms with Gasteiger partial charge in [0.1, 0.15) is 46.5 Å². The zero-order valence-corrected chi connectivity index (χ0v) is 26.5. The number of hydrogen-bond acceptors (Lipinski definition) is 10. The summed E-state index contributed by atoms with van der Waals surface area (Å²) in [5.74, 6) is -0.938. The van der Waals surface area contributed by atoms with Crippen molar-refractivity contribution in [3.8, 4) is 23.2 Å². The van der Waals surface area contributed by atoms with Crippen molar-refractivity contribution >= 4 is 54.0 Å². The topological polar surface area (TPSA) is 121 Å². The summed E-state index contributed by atoms with van der Waals surface area (Å²) in [6, 6.07) is 5.17. The number of nitriles is 1. The van der Waals surface area contributed by atoms with E-state index in [1.807, 2.05) is 0 Å². The molecule has 2 bridgehead atoms. The molecule has 0 aliphatic carbocycles. The van der Waals surface area contributed by atoms with E-state index in [2.05, 4.69) is 31.3 Å². The van der Waals surface area contributed by atoms with Gasteiger partial charge in [0.15, 0.2) is 5.82 Å². The van der Waals surface area contributed by atoms with Gasteiger partial charge in [-0.05, 0) is 44.4 Å². The average molecular weight is 660 g/mol. The first-order valence-corrected chi connectivity index (χ1v) is 16.9. The third-order valence-electron chi connectivity index (χ3n) is 10.7. The number of benzene rings is 2. The minimum atomic E-state index is -0.927. The van der Waals surface area contributed by atoms with Gasteiger partial charge < -0.3 is 20.7 Å². The van der Waals surface area contributed by atoms with Gasteiger partial charge in [0.05, 0.1) is 22.1 Å². The number of nitrogen functional groups attached to an aromatic ring is 1. The van der Waals surface area contributed by atoms with E-state index in [4.69, 9.17) is 15.5 Å². The molecule has 7 heterocycles. The fourth-order valence-corrected chi connectivity index (χ4v) is 9.63. The van der Waals surface area contributed by atoms with Crippen LogP contribution in [0, 0.1) is 23.0 Å². The van der Waals surface area contributed by atoms with Gasteiger partial charge in [0.2, 0.25) is 0 Å². The van der Waals surface area contributed by atoms with E-state index in [0.29, 0.717) is 34.3 Å². The number of nitrogens with zero attached hydrogens (tertiary/aromatic N) is 7. The van der Waals surface area contributed by atoms with Crippen LogP contribution in [0.5, 0.6) is 6.01 Å². The second-order valence-corrected chi connectivity index (χ2v) is 14.5. The summed E-state index contributed by atoms with van der Waals surface area (Å²) >= 11 is 1.15. The van der Waals surface area contributed by atoms with Gasteiger partial charge in [-0.2, -0.15) is 20.3 Å². The SMILES string of the molecule is Cn1cc2c(n1)c(-c1c(F)ccc3sc(N)c(C#N)c13)c(F)c1nc(OC[C@@]34CCCN3C[C@H](F)C4)nc(N3C4CCC3CNC4)c12. The molecule has 4 atom stereocenters. The van der Waals surface area contributed by atoms with Gasteiger partial charge in [-0.1, -0.05) is 0 Å². The van der Waals surface area contributed by atoms with Crippen molar-refractivity contribution in [1.29, 1.82) is 5.26 Å². The number of fused-ring (bicyclic) bond motifs is 7. The maximum absolute atomic E-state index is 17.4. The highest BCUT2D eigenvalue weighted by molar-refractivity contribution is 7.23. The Hall–Kier alpha value is -4.19. The molecule has 0 radical (unpaired) electrons. The minimum Gasteiger partial charge on any atom is -0.461 e. The third kappa shape index (κ3) is 4.19. The number of anilines is 2. The van der Waals surface area contributed by atoms with Crippen LogP contribution in [0.1, 0.15) is 37.7 Å². The molecule has 2 aromatic carbocycles. The van der Waals surface area contributed by atoms with Gasteiger partial charge in [-0.15, -0.1) is 11.3 Å². The van der Waals surface area contributed by atoms with Gasteiger partial charge in [-0.3, -0.25) is 9.58 Å². The standard InChI is InChI=1S/C33H32F3N9OS/c1-43-14-20-24-29(27(36)26(28(20)42-43)25-21(35)5-6-22-23(25)19(10-37)30(38)47-22)40-32(41-31(24)45-17-3-4-18(45)12-39-11-17)46-15-33-7-2-8-44(33)13-16(34)9-33/h5-6,14,16-18,39H,2-4,7-9,11-13,15,38H2,1H3/t16-,17?,18?,33+/m1/s1. The summed E-state index contributed by atoms with van der Waals surface area (Å²) in [7, 11) is 1.73. The predicted molar refractivity (Wildman–Crippen MR) is 174 cm³/mol. The Morgan fingerprint density at radius 2 is 1.96 bits per heavy atom. The Morgan fingerprint density at radius 1 is 1.15 bits per heavy atom. The molecule has 0 amide bonds. The highest BCUT2D eigenvalue weighted by Crippen LogP contribution is 2.48. The van der Waals surface area contributed by atoms with Crippen LogP contribution in [0.25, 0.3) is 43.0 Å². The molecular formula is C33H32F3N9OS. The molecule has 9 rings (SSSR count). The number of piperazine rings is 1. The summed E-state index contributed by atoms with van der Waals surface area (Å²) in [4.78, 5) is 14.1. The zero-order valence-electron chi connectivity index (χ0n) is 25.7. The Kier molecular flexibility index (Phi) is 6.42. The van der Waals surface area contributed by atoms with Crippen molar-refractivity contribution in [1.82, 2.24) is 30.0 Å². The number of aromatic nitrogens is 4. The van der Waals surface area contributed by atoms with Crippen LogP contribution in [-0.4, -0.2) is 81.2 Å². The Labute approximate surface area is 271 Å². The molecule has 47 heavy (non-hydrogen) atoms. The summed E-state index contributed by atoms with van der Waals surface area (Å²) < 4.78 is 56.5. The van der Waals surface area contributed by atoms with Gasteiger partial charge in [-0.25, -0.2) is 13.2 Å². The van der Waals surface area contributed by atoms with E-state index < -0.39 is 23.3 Å². The van der Waals surface area contributed by atoms with Crippen LogP contribution < -0.4 is 20.7 Å². The molecule has 3 N–H and O–H groups in total. The van der Waals surface area contributed by atoms with Gasteiger partial charge in [0.25, 0.3) is 0 Å².